The Hall–Kier alpha value is -1.82. The molecular weight excluding hydrogens is 248 g/mol. The number of carbonyl (C=O) groups is 1. The molecule has 5 nitrogen and oxygen atoms in total. The van der Waals surface area contributed by atoms with Crippen molar-refractivity contribution in [3.05, 3.63) is 34.3 Å². The highest BCUT2D eigenvalue weighted by Crippen LogP contribution is 2.16. The van der Waals surface area contributed by atoms with Crippen molar-refractivity contribution in [1.82, 2.24) is 14.7 Å². The van der Waals surface area contributed by atoms with Crippen LogP contribution in [0.4, 0.5) is 5.69 Å². The lowest BCUT2D eigenvalue weighted by Crippen LogP contribution is -2.30. The minimum atomic E-state index is -0.121. The first kappa shape index (κ1) is 12.6. The third-order valence-corrected chi connectivity index (χ3v) is 3.52. The second-order valence-corrected chi connectivity index (χ2v) is 5.04. The number of amides is 1. The van der Waals surface area contributed by atoms with Crippen LogP contribution in [0.25, 0.3) is 0 Å². The number of aryl methyl sites for hydroxylation is 1. The Kier molecular flexibility index (Phi) is 3.66. The van der Waals surface area contributed by atoms with Gasteiger partial charge in [0.05, 0.1) is 12.2 Å². The molecule has 18 heavy (non-hydrogen) atoms. The Morgan fingerprint density at radius 3 is 2.89 bits per heavy atom. The van der Waals surface area contributed by atoms with Gasteiger partial charge in [-0.1, -0.05) is 6.07 Å². The van der Waals surface area contributed by atoms with Crippen molar-refractivity contribution in [1.29, 1.82) is 0 Å². The molecule has 96 valence electrons. The molecule has 0 spiro atoms. The summed E-state index contributed by atoms with van der Waals surface area (Å²) in [6.45, 7) is 3.18. The first-order valence-electron chi connectivity index (χ1n) is 5.72. The summed E-state index contributed by atoms with van der Waals surface area (Å²) in [6, 6.07) is 4.00. The number of anilines is 1. The number of carbonyl (C=O) groups excluding carboxylic acids is 1. The van der Waals surface area contributed by atoms with Crippen molar-refractivity contribution in [2.24, 2.45) is 7.05 Å². The molecule has 6 heteroatoms. The predicted octanol–water partition coefficient (Wildman–Crippen LogP) is 1.73. The molecule has 0 aromatic carbocycles. The Balaban J connectivity index is 2.17. The predicted molar refractivity (Wildman–Crippen MR) is 72.4 cm³/mol. The van der Waals surface area contributed by atoms with Crippen molar-refractivity contribution < 1.29 is 4.79 Å². The second kappa shape index (κ2) is 5.22. The Labute approximate surface area is 110 Å². The molecule has 0 aliphatic heterocycles. The zero-order valence-corrected chi connectivity index (χ0v) is 11.3. The monoisotopic (exact) mass is 264 g/mol. The summed E-state index contributed by atoms with van der Waals surface area (Å²) in [5.41, 5.74) is 6.53. The number of hydrogen-bond acceptors (Lipinski definition) is 4. The third kappa shape index (κ3) is 2.53. The van der Waals surface area contributed by atoms with Gasteiger partial charge in [-0.05, 0) is 18.4 Å². The standard InChI is InChI=1S/C12H16N4OS/c1-3-16(7-9-5-4-6-18-9)12(17)11-10(13)8-15(2)14-11/h4-6,8H,3,7,13H2,1-2H3. The highest BCUT2D eigenvalue weighted by molar-refractivity contribution is 7.09. The maximum Gasteiger partial charge on any atom is 0.276 e. The summed E-state index contributed by atoms with van der Waals surface area (Å²) in [5, 5.41) is 6.11. The van der Waals surface area contributed by atoms with Crippen LogP contribution in [0, 0.1) is 0 Å². The molecular formula is C12H16N4OS. The van der Waals surface area contributed by atoms with Crippen LogP contribution in [-0.4, -0.2) is 27.1 Å². The zero-order valence-electron chi connectivity index (χ0n) is 10.5. The number of nitrogen functional groups attached to an aromatic ring is 1. The third-order valence-electron chi connectivity index (χ3n) is 2.66. The van der Waals surface area contributed by atoms with E-state index in [2.05, 4.69) is 5.10 Å². The van der Waals surface area contributed by atoms with Crippen molar-refractivity contribution >= 4 is 22.9 Å². The van der Waals surface area contributed by atoms with E-state index in [0.717, 1.165) is 4.88 Å². The van der Waals surface area contributed by atoms with Gasteiger partial charge in [0.2, 0.25) is 0 Å². The minimum absolute atomic E-state index is 0.121. The maximum atomic E-state index is 12.3. The van der Waals surface area contributed by atoms with Crippen LogP contribution in [-0.2, 0) is 13.6 Å². The zero-order chi connectivity index (χ0) is 13.1. The van der Waals surface area contributed by atoms with Crippen LogP contribution in [0.3, 0.4) is 0 Å². The van der Waals surface area contributed by atoms with Gasteiger partial charge in [-0.2, -0.15) is 5.10 Å². The number of hydrogen-bond donors (Lipinski definition) is 1. The molecule has 0 fully saturated rings. The quantitative estimate of drug-likeness (QED) is 0.914. The van der Waals surface area contributed by atoms with E-state index in [4.69, 9.17) is 5.73 Å². The molecule has 2 heterocycles. The second-order valence-electron chi connectivity index (χ2n) is 4.01. The summed E-state index contributed by atoms with van der Waals surface area (Å²) in [4.78, 5) is 15.2. The fourth-order valence-electron chi connectivity index (χ4n) is 1.74. The van der Waals surface area contributed by atoms with Gasteiger partial charge in [0.25, 0.3) is 5.91 Å². The van der Waals surface area contributed by atoms with Gasteiger partial charge in [-0.25, -0.2) is 0 Å². The molecule has 0 atom stereocenters. The fourth-order valence-corrected chi connectivity index (χ4v) is 2.46. The normalized spacial score (nSPS) is 10.6. The largest absolute Gasteiger partial charge is 0.396 e. The Morgan fingerprint density at radius 2 is 2.39 bits per heavy atom. The van der Waals surface area contributed by atoms with Gasteiger partial charge in [0, 0.05) is 24.7 Å². The molecule has 0 bridgehead atoms. The summed E-state index contributed by atoms with van der Waals surface area (Å²) in [6.07, 6.45) is 1.65. The molecule has 0 radical (unpaired) electrons. The van der Waals surface area contributed by atoms with E-state index >= 15 is 0 Å². The average Bonchev–Trinajstić information content (AvgIpc) is 2.95. The number of thiophene rings is 1. The maximum absolute atomic E-state index is 12.3. The molecule has 0 saturated heterocycles. The topological polar surface area (TPSA) is 64.2 Å². The highest BCUT2D eigenvalue weighted by atomic mass is 32.1. The molecule has 2 aromatic heterocycles. The molecule has 0 aliphatic carbocycles. The molecule has 0 saturated carbocycles. The van der Waals surface area contributed by atoms with Crippen LogP contribution < -0.4 is 5.73 Å². The van der Waals surface area contributed by atoms with E-state index < -0.39 is 0 Å². The van der Waals surface area contributed by atoms with E-state index in [9.17, 15) is 4.79 Å². The summed E-state index contributed by atoms with van der Waals surface area (Å²) >= 11 is 1.64. The van der Waals surface area contributed by atoms with E-state index in [-0.39, 0.29) is 5.91 Å². The van der Waals surface area contributed by atoms with Gasteiger partial charge >= 0.3 is 0 Å². The van der Waals surface area contributed by atoms with Gasteiger partial charge in [0.1, 0.15) is 0 Å². The molecule has 1 amide bonds. The minimum Gasteiger partial charge on any atom is -0.396 e. The van der Waals surface area contributed by atoms with Crippen LogP contribution >= 0.6 is 11.3 Å². The van der Waals surface area contributed by atoms with Gasteiger partial charge in [-0.3, -0.25) is 9.48 Å². The molecule has 2 N–H and O–H groups in total. The Morgan fingerprint density at radius 1 is 1.61 bits per heavy atom. The lowest BCUT2D eigenvalue weighted by molar-refractivity contribution is 0.0748. The molecule has 0 aliphatic rings. The van der Waals surface area contributed by atoms with Gasteiger partial charge < -0.3 is 10.6 Å². The van der Waals surface area contributed by atoms with E-state index in [0.29, 0.717) is 24.5 Å². The first-order valence-corrected chi connectivity index (χ1v) is 6.60. The highest BCUT2D eigenvalue weighted by Gasteiger charge is 2.20. The van der Waals surface area contributed by atoms with Crippen molar-refractivity contribution in [3.63, 3.8) is 0 Å². The van der Waals surface area contributed by atoms with Gasteiger partial charge in [0.15, 0.2) is 5.69 Å². The lowest BCUT2D eigenvalue weighted by Gasteiger charge is -2.19. The summed E-state index contributed by atoms with van der Waals surface area (Å²) in [7, 11) is 1.75. The van der Waals surface area contributed by atoms with Crippen LogP contribution in [0.5, 0.6) is 0 Å². The van der Waals surface area contributed by atoms with Crippen molar-refractivity contribution in [2.45, 2.75) is 13.5 Å². The van der Waals surface area contributed by atoms with Crippen molar-refractivity contribution in [2.75, 3.05) is 12.3 Å². The smallest absolute Gasteiger partial charge is 0.276 e. The molecule has 2 rings (SSSR count). The van der Waals surface area contributed by atoms with Crippen LogP contribution in [0.15, 0.2) is 23.7 Å². The van der Waals surface area contributed by atoms with E-state index in [1.807, 2.05) is 24.4 Å². The molecule has 2 aromatic rings. The lowest BCUT2D eigenvalue weighted by atomic mass is 10.3. The summed E-state index contributed by atoms with van der Waals surface area (Å²) < 4.78 is 1.56. The SMILES string of the molecule is CCN(Cc1cccs1)C(=O)c1nn(C)cc1N. The number of rotatable bonds is 4. The average molecular weight is 264 g/mol. The molecule has 0 unspecified atom stereocenters. The van der Waals surface area contributed by atoms with E-state index in [1.165, 1.54) is 0 Å². The van der Waals surface area contributed by atoms with Gasteiger partial charge in [-0.15, -0.1) is 11.3 Å². The number of nitrogens with two attached hydrogens (primary N) is 1. The fraction of sp³-hybridized carbons (Fsp3) is 0.333. The van der Waals surface area contributed by atoms with Crippen LogP contribution in [0.1, 0.15) is 22.3 Å². The van der Waals surface area contributed by atoms with Crippen molar-refractivity contribution in [3.8, 4) is 0 Å². The number of aromatic nitrogens is 2. The van der Waals surface area contributed by atoms with E-state index in [1.54, 1.807) is 34.2 Å². The first-order chi connectivity index (χ1) is 8.61. The number of nitrogens with zero attached hydrogens (tertiary/aromatic N) is 3. The van der Waals surface area contributed by atoms with Crippen LogP contribution in [0.2, 0.25) is 0 Å². The summed E-state index contributed by atoms with van der Waals surface area (Å²) in [5.74, 6) is -0.121. The Bertz CT molecular complexity index is 532.